The van der Waals surface area contributed by atoms with Crippen molar-refractivity contribution in [2.75, 3.05) is 18.1 Å². The van der Waals surface area contributed by atoms with Crippen molar-refractivity contribution in [2.24, 2.45) is 0 Å². The van der Waals surface area contributed by atoms with Crippen molar-refractivity contribution in [1.82, 2.24) is 24.8 Å². The molecule has 0 aliphatic carbocycles. The number of rotatable bonds is 6. The van der Waals surface area contributed by atoms with Crippen LogP contribution in [-0.4, -0.2) is 38.4 Å². The SMILES string of the molecule is CCn1c(N)c(C(=O)NC)c(=O)c2ccc(-c3ccc(CC(=O)Nc4cnccn4)cc3)nc21. The van der Waals surface area contributed by atoms with Crippen LogP contribution in [0.1, 0.15) is 22.8 Å². The van der Waals surface area contributed by atoms with E-state index in [2.05, 4.69) is 25.6 Å². The average molecular weight is 457 g/mol. The molecule has 0 radical (unpaired) electrons. The Bertz CT molecular complexity index is 1430. The summed E-state index contributed by atoms with van der Waals surface area (Å²) in [5, 5.41) is 5.48. The van der Waals surface area contributed by atoms with Gasteiger partial charge in [0, 0.05) is 31.5 Å². The maximum atomic E-state index is 12.9. The third-order valence-electron chi connectivity index (χ3n) is 5.36. The molecule has 0 unspecified atom stereocenters. The van der Waals surface area contributed by atoms with Gasteiger partial charge in [0.05, 0.1) is 23.7 Å². The molecule has 3 aromatic heterocycles. The van der Waals surface area contributed by atoms with Crippen LogP contribution in [0.2, 0.25) is 0 Å². The van der Waals surface area contributed by atoms with Gasteiger partial charge in [0.25, 0.3) is 5.91 Å². The highest BCUT2D eigenvalue weighted by atomic mass is 16.2. The molecule has 4 aromatic rings. The number of benzene rings is 1. The Morgan fingerprint density at radius 3 is 2.50 bits per heavy atom. The average Bonchev–Trinajstić information content (AvgIpc) is 2.85. The standard InChI is InChI=1S/C24H23N7O3/c1-3-31-22(25)20(24(34)26-2)21(33)16-8-9-17(29-23(16)31)15-6-4-14(5-7-15)12-19(32)30-18-13-27-10-11-28-18/h4-11,13H,3,12,25H2,1-2H3,(H,26,34)(H,28,30,32). The summed E-state index contributed by atoms with van der Waals surface area (Å²) in [6.45, 7) is 2.30. The quantitative estimate of drug-likeness (QED) is 0.401. The van der Waals surface area contributed by atoms with Crippen LogP contribution in [0.4, 0.5) is 11.6 Å². The van der Waals surface area contributed by atoms with E-state index in [4.69, 9.17) is 5.73 Å². The molecule has 0 aliphatic rings. The van der Waals surface area contributed by atoms with Gasteiger partial charge in [-0.25, -0.2) is 9.97 Å². The molecule has 4 rings (SSSR count). The van der Waals surface area contributed by atoms with Crippen LogP contribution < -0.4 is 21.8 Å². The van der Waals surface area contributed by atoms with E-state index in [-0.39, 0.29) is 23.7 Å². The highest BCUT2D eigenvalue weighted by Gasteiger charge is 2.20. The van der Waals surface area contributed by atoms with Crippen LogP contribution in [0.25, 0.3) is 22.3 Å². The molecule has 0 atom stereocenters. The fraction of sp³-hybridized carbons (Fsp3) is 0.167. The van der Waals surface area contributed by atoms with E-state index in [0.717, 1.165) is 11.1 Å². The van der Waals surface area contributed by atoms with Gasteiger partial charge in [-0.2, -0.15) is 0 Å². The van der Waals surface area contributed by atoms with E-state index >= 15 is 0 Å². The Morgan fingerprint density at radius 2 is 1.85 bits per heavy atom. The third-order valence-corrected chi connectivity index (χ3v) is 5.36. The fourth-order valence-electron chi connectivity index (χ4n) is 3.69. The molecule has 3 heterocycles. The molecule has 0 spiro atoms. The number of aromatic nitrogens is 4. The molecule has 2 amide bonds. The van der Waals surface area contributed by atoms with Crippen LogP contribution in [0.5, 0.6) is 0 Å². The van der Waals surface area contributed by atoms with Crippen LogP contribution in [0, 0.1) is 0 Å². The zero-order valence-corrected chi connectivity index (χ0v) is 18.7. The molecular formula is C24H23N7O3. The molecule has 0 saturated heterocycles. The van der Waals surface area contributed by atoms with E-state index < -0.39 is 11.3 Å². The number of fused-ring (bicyclic) bond motifs is 1. The summed E-state index contributed by atoms with van der Waals surface area (Å²) in [7, 11) is 1.45. The molecule has 0 bridgehead atoms. The van der Waals surface area contributed by atoms with Crippen molar-refractivity contribution in [3.05, 3.63) is 76.3 Å². The molecule has 1 aromatic carbocycles. The number of nitrogens with zero attached hydrogens (tertiary/aromatic N) is 4. The molecule has 0 fully saturated rings. The molecule has 10 heteroatoms. The Balaban J connectivity index is 1.63. The number of nitrogens with two attached hydrogens (primary N) is 1. The Hall–Kier alpha value is -4.60. The lowest BCUT2D eigenvalue weighted by molar-refractivity contribution is -0.115. The largest absolute Gasteiger partial charge is 0.384 e. The van der Waals surface area contributed by atoms with Crippen molar-refractivity contribution in [3.63, 3.8) is 0 Å². The predicted molar refractivity (Wildman–Crippen MR) is 129 cm³/mol. The van der Waals surface area contributed by atoms with Crippen molar-refractivity contribution < 1.29 is 9.59 Å². The Kier molecular flexibility index (Phi) is 6.30. The van der Waals surface area contributed by atoms with Gasteiger partial charge in [-0.1, -0.05) is 24.3 Å². The van der Waals surface area contributed by atoms with Crippen LogP contribution in [0.3, 0.4) is 0 Å². The maximum Gasteiger partial charge on any atom is 0.258 e. The van der Waals surface area contributed by atoms with Crippen molar-refractivity contribution in [1.29, 1.82) is 0 Å². The summed E-state index contributed by atoms with van der Waals surface area (Å²) in [4.78, 5) is 50.0. The normalized spacial score (nSPS) is 10.8. The second-order valence-corrected chi connectivity index (χ2v) is 7.49. The number of nitrogens with one attached hydrogen (secondary N) is 2. The molecule has 10 nitrogen and oxygen atoms in total. The number of carbonyl (C=O) groups excluding carboxylic acids is 2. The first-order chi connectivity index (χ1) is 16.4. The van der Waals surface area contributed by atoms with E-state index in [1.807, 2.05) is 31.2 Å². The minimum atomic E-state index is -0.533. The fourth-order valence-corrected chi connectivity index (χ4v) is 3.69. The molecule has 172 valence electrons. The minimum Gasteiger partial charge on any atom is -0.384 e. The molecule has 34 heavy (non-hydrogen) atoms. The zero-order valence-electron chi connectivity index (χ0n) is 18.7. The number of pyridine rings is 2. The smallest absolute Gasteiger partial charge is 0.258 e. The lowest BCUT2D eigenvalue weighted by atomic mass is 10.1. The number of amides is 2. The van der Waals surface area contributed by atoms with Gasteiger partial charge < -0.3 is 20.9 Å². The van der Waals surface area contributed by atoms with E-state index in [1.54, 1.807) is 16.7 Å². The van der Waals surface area contributed by atoms with Crippen LogP contribution in [-0.2, 0) is 17.8 Å². The number of hydrogen-bond acceptors (Lipinski definition) is 7. The first kappa shape index (κ1) is 22.6. The van der Waals surface area contributed by atoms with Crippen molar-refractivity contribution in [3.8, 4) is 11.3 Å². The van der Waals surface area contributed by atoms with Gasteiger partial charge in [0.15, 0.2) is 5.82 Å². The highest BCUT2D eigenvalue weighted by Crippen LogP contribution is 2.23. The molecule has 0 saturated carbocycles. The van der Waals surface area contributed by atoms with E-state index in [0.29, 0.717) is 29.1 Å². The van der Waals surface area contributed by atoms with Gasteiger partial charge in [-0.15, -0.1) is 0 Å². The third kappa shape index (κ3) is 4.33. The number of anilines is 2. The Morgan fingerprint density at radius 1 is 1.09 bits per heavy atom. The van der Waals surface area contributed by atoms with Crippen LogP contribution >= 0.6 is 0 Å². The second-order valence-electron chi connectivity index (χ2n) is 7.49. The summed E-state index contributed by atoms with van der Waals surface area (Å²) < 4.78 is 1.65. The summed E-state index contributed by atoms with van der Waals surface area (Å²) in [6.07, 6.45) is 4.69. The number of carbonyl (C=O) groups is 2. The second kappa shape index (κ2) is 9.49. The summed E-state index contributed by atoms with van der Waals surface area (Å²) in [5.41, 5.74) is 8.28. The monoisotopic (exact) mass is 457 g/mol. The maximum absolute atomic E-state index is 12.9. The van der Waals surface area contributed by atoms with Gasteiger partial charge in [-0.3, -0.25) is 19.4 Å². The van der Waals surface area contributed by atoms with Gasteiger partial charge in [-0.05, 0) is 24.6 Å². The van der Waals surface area contributed by atoms with E-state index in [9.17, 15) is 14.4 Å². The number of nitrogen functional groups attached to an aromatic ring is 1. The summed E-state index contributed by atoms with van der Waals surface area (Å²) in [6, 6.07) is 10.8. The Labute approximate surface area is 194 Å². The topological polar surface area (TPSA) is 145 Å². The lowest BCUT2D eigenvalue weighted by Gasteiger charge is -2.15. The molecule has 0 aliphatic heterocycles. The van der Waals surface area contributed by atoms with Gasteiger partial charge >= 0.3 is 0 Å². The first-order valence-electron chi connectivity index (χ1n) is 10.6. The van der Waals surface area contributed by atoms with Crippen molar-refractivity contribution in [2.45, 2.75) is 19.9 Å². The van der Waals surface area contributed by atoms with Crippen molar-refractivity contribution >= 4 is 34.5 Å². The van der Waals surface area contributed by atoms with E-state index in [1.165, 1.54) is 25.6 Å². The van der Waals surface area contributed by atoms with Crippen LogP contribution in [0.15, 0.2) is 59.8 Å². The van der Waals surface area contributed by atoms with Gasteiger partial charge in [0.2, 0.25) is 11.3 Å². The molecular weight excluding hydrogens is 434 g/mol. The first-order valence-corrected chi connectivity index (χ1v) is 10.6. The lowest BCUT2D eigenvalue weighted by Crippen LogP contribution is -2.30. The van der Waals surface area contributed by atoms with Gasteiger partial charge in [0.1, 0.15) is 17.0 Å². The predicted octanol–water partition coefficient (Wildman–Crippen LogP) is 2.00. The highest BCUT2D eigenvalue weighted by molar-refractivity contribution is 6.01. The molecule has 4 N–H and O–H groups in total. The number of aryl methyl sites for hydroxylation is 1. The minimum absolute atomic E-state index is 0.0773. The zero-order chi connectivity index (χ0) is 24.2. The summed E-state index contributed by atoms with van der Waals surface area (Å²) in [5.74, 6) is -0.264. The summed E-state index contributed by atoms with van der Waals surface area (Å²) >= 11 is 0. The number of hydrogen-bond donors (Lipinski definition) is 3.